The van der Waals surface area contributed by atoms with Crippen LogP contribution >= 0.6 is 0 Å². The Morgan fingerprint density at radius 1 is 1.00 bits per heavy atom. The van der Waals surface area contributed by atoms with Crippen LogP contribution < -0.4 is 9.23 Å². The number of rotatable bonds is 5. The zero-order valence-electron chi connectivity index (χ0n) is 16.1. The summed E-state index contributed by atoms with van der Waals surface area (Å²) in [5.41, 5.74) is 5.04. The fraction of sp³-hybridized carbons (Fsp3) is 0.0909. The molecule has 0 spiro atoms. The standard InChI is InChI=1S/C22H21N4O2S/c1-17-6-12-20(13-7-17)29(27,28)24-23-15-18-8-10-19(11-9-18)21-16-26-14-4-3-5-22(26)25(21)2/h3-16,24H,1-2H3/q+1/b23-15+. The third kappa shape index (κ3) is 3.90. The number of hydrogen-bond acceptors (Lipinski definition) is 3. The summed E-state index contributed by atoms with van der Waals surface area (Å²) in [5, 5.41) is 3.89. The smallest absolute Gasteiger partial charge is 0.226 e. The van der Waals surface area contributed by atoms with E-state index < -0.39 is 10.0 Å². The van der Waals surface area contributed by atoms with Gasteiger partial charge in [0.05, 0.1) is 24.4 Å². The highest BCUT2D eigenvalue weighted by Gasteiger charge is 2.15. The average molecular weight is 406 g/mol. The van der Waals surface area contributed by atoms with Crippen molar-refractivity contribution in [1.29, 1.82) is 0 Å². The first-order chi connectivity index (χ1) is 13.9. The number of benzene rings is 2. The molecule has 29 heavy (non-hydrogen) atoms. The van der Waals surface area contributed by atoms with Gasteiger partial charge < -0.3 is 0 Å². The summed E-state index contributed by atoms with van der Waals surface area (Å²) in [6.45, 7) is 1.91. The molecule has 0 aliphatic rings. The first-order valence-corrected chi connectivity index (χ1v) is 10.6. The number of nitrogens with zero attached hydrogens (tertiary/aromatic N) is 3. The lowest BCUT2D eigenvalue weighted by Gasteiger charge is -2.03. The van der Waals surface area contributed by atoms with Crippen LogP contribution in [0.15, 0.2) is 89.1 Å². The second kappa shape index (κ2) is 7.52. The number of fused-ring (bicyclic) bond motifs is 1. The van der Waals surface area contributed by atoms with Gasteiger partial charge in [-0.2, -0.15) is 13.5 Å². The Bertz CT molecular complexity index is 1290. The van der Waals surface area contributed by atoms with Gasteiger partial charge in [-0.1, -0.05) is 35.9 Å². The van der Waals surface area contributed by atoms with Crippen molar-refractivity contribution in [1.82, 2.24) is 9.40 Å². The molecule has 0 fully saturated rings. The van der Waals surface area contributed by atoms with Crippen molar-refractivity contribution in [3.8, 4) is 11.3 Å². The molecule has 0 atom stereocenters. The largest absolute Gasteiger partial charge is 0.286 e. The normalized spacial score (nSPS) is 11.9. The summed E-state index contributed by atoms with van der Waals surface area (Å²) in [5.74, 6) is 0. The predicted molar refractivity (Wildman–Crippen MR) is 113 cm³/mol. The monoisotopic (exact) mass is 405 g/mol. The van der Waals surface area contributed by atoms with E-state index in [0.717, 1.165) is 28.0 Å². The van der Waals surface area contributed by atoms with Crippen molar-refractivity contribution in [2.24, 2.45) is 12.1 Å². The summed E-state index contributed by atoms with van der Waals surface area (Å²) in [6.07, 6.45) is 5.58. The maximum Gasteiger partial charge on any atom is 0.286 e. The second-order valence-electron chi connectivity index (χ2n) is 6.83. The van der Waals surface area contributed by atoms with Gasteiger partial charge in [-0.05, 0) is 42.8 Å². The lowest BCUT2D eigenvalue weighted by molar-refractivity contribution is -0.510. The van der Waals surface area contributed by atoms with Gasteiger partial charge in [0.15, 0.2) is 5.69 Å². The summed E-state index contributed by atoms with van der Waals surface area (Å²) in [6, 6.07) is 20.5. The van der Waals surface area contributed by atoms with E-state index >= 15 is 0 Å². The Kier molecular flexibility index (Phi) is 4.90. The Labute approximate surface area is 169 Å². The van der Waals surface area contributed by atoms with E-state index in [1.54, 1.807) is 24.3 Å². The highest BCUT2D eigenvalue weighted by molar-refractivity contribution is 7.89. The first-order valence-electron chi connectivity index (χ1n) is 9.12. The van der Waals surface area contributed by atoms with Gasteiger partial charge in [0.2, 0.25) is 0 Å². The number of hydrogen-bond donors (Lipinski definition) is 1. The van der Waals surface area contributed by atoms with Crippen molar-refractivity contribution < 1.29 is 12.8 Å². The topological polar surface area (TPSA) is 67.6 Å². The van der Waals surface area contributed by atoms with Gasteiger partial charge in [-0.3, -0.25) is 0 Å². The maximum absolute atomic E-state index is 12.3. The van der Waals surface area contributed by atoms with E-state index in [2.05, 4.69) is 31.2 Å². The lowest BCUT2D eigenvalue weighted by atomic mass is 10.1. The molecule has 0 aliphatic heterocycles. The van der Waals surface area contributed by atoms with Gasteiger partial charge in [0.25, 0.3) is 15.7 Å². The quantitative estimate of drug-likeness (QED) is 0.315. The SMILES string of the molecule is Cc1ccc(S(=O)(=O)N/N=C/c2ccc(-c3c[n+]4ccccc4n3C)cc2)cc1. The minimum Gasteiger partial charge on any atom is -0.226 e. The molecule has 146 valence electrons. The predicted octanol–water partition coefficient (Wildman–Crippen LogP) is 3.05. The molecular formula is C22H21N4O2S+. The number of aromatic nitrogens is 2. The van der Waals surface area contributed by atoms with Crippen LogP contribution in [0, 0.1) is 6.92 Å². The van der Waals surface area contributed by atoms with E-state index in [-0.39, 0.29) is 4.90 Å². The number of sulfonamides is 1. The van der Waals surface area contributed by atoms with Gasteiger partial charge >= 0.3 is 0 Å². The van der Waals surface area contributed by atoms with Gasteiger partial charge in [0.1, 0.15) is 6.20 Å². The number of imidazole rings is 1. The van der Waals surface area contributed by atoms with Crippen LogP contribution in [0.5, 0.6) is 0 Å². The van der Waals surface area contributed by atoms with E-state index in [9.17, 15) is 8.42 Å². The molecule has 0 saturated carbocycles. The Balaban J connectivity index is 1.50. The van der Waals surface area contributed by atoms with Crippen LogP contribution in [-0.2, 0) is 17.1 Å². The molecule has 4 aromatic rings. The van der Waals surface area contributed by atoms with Crippen molar-refractivity contribution >= 4 is 21.9 Å². The van der Waals surface area contributed by atoms with Crippen LogP contribution in [-0.4, -0.2) is 19.2 Å². The molecule has 2 heterocycles. The Morgan fingerprint density at radius 2 is 1.72 bits per heavy atom. The minimum absolute atomic E-state index is 0.184. The lowest BCUT2D eigenvalue weighted by Crippen LogP contribution is -2.18. The number of hydrazone groups is 1. The fourth-order valence-electron chi connectivity index (χ4n) is 3.13. The van der Waals surface area contributed by atoms with Crippen LogP contribution in [0.1, 0.15) is 11.1 Å². The summed E-state index contributed by atoms with van der Waals surface area (Å²) >= 11 is 0. The number of nitrogens with one attached hydrogen (secondary N) is 1. The molecule has 0 bridgehead atoms. The molecule has 0 amide bonds. The van der Waals surface area contributed by atoms with E-state index in [0.29, 0.717) is 0 Å². The van der Waals surface area contributed by atoms with Crippen LogP contribution in [0.2, 0.25) is 0 Å². The van der Waals surface area contributed by atoms with Crippen molar-refractivity contribution in [2.75, 3.05) is 0 Å². The maximum atomic E-state index is 12.3. The zero-order valence-corrected chi connectivity index (χ0v) is 17.0. The summed E-state index contributed by atoms with van der Waals surface area (Å²) < 4.78 is 28.7. The highest BCUT2D eigenvalue weighted by Crippen LogP contribution is 2.19. The van der Waals surface area contributed by atoms with Crippen molar-refractivity contribution in [3.63, 3.8) is 0 Å². The Morgan fingerprint density at radius 3 is 2.41 bits per heavy atom. The molecule has 6 nitrogen and oxygen atoms in total. The molecule has 0 radical (unpaired) electrons. The van der Waals surface area contributed by atoms with Crippen molar-refractivity contribution in [3.05, 3.63) is 90.3 Å². The van der Waals surface area contributed by atoms with Gasteiger partial charge in [0, 0.05) is 11.6 Å². The third-order valence-corrected chi connectivity index (χ3v) is 6.00. The highest BCUT2D eigenvalue weighted by atomic mass is 32.2. The van der Waals surface area contributed by atoms with Gasteiger partial charge in [-0.15, -0.1) is 0 Å². The zero-order chi connectivity index (χ0) is 20.4. The number of pyridine rings is 1. The second-order valence-corrected chi connectivity index (χ2v) is 8.49. The summed E-state index contributed by atoms with van der Waals surface area (Å²) in [4.78, 5) is 2.43. The average Bonchev–Trinajstić information content (AvgIpc) is 3.06. The van der Waals surface area contributed by atoms with Crippen LogP contribution in [0.3, 0.4) is 0 Å². The molecule has 1 N–H and O–H groups in total. The molecule has 0 aliphatic carbocycles. The molecule has 2 aromatic heterocycles. The molecule has 4 rings (SSSR count). The molecule has 0 saturated heterocycles. The van der Waals surface area contributed by atoms with Crippen molar-refractivity contribution in [2.45, 2.75) is 11.8 Å². The third-order valence-electron chi connectivity index (χ3n) is 4.76. The van der Waals surface area contributed by atoms with Crippen LogP contribution in [0.4, 0.5) is 0 Å². The summed E-state index contributed by atoms with van der Waals surface area (Å²) in [7, 11) is -1.65. The van der Waals surface area contributed by atoms with E-state index in [4.69, 9.17) is 0 Å². The fourth-order valence-corrected chi connectivity index (χ4v) is 3.92. The number of aryl methyl sites for hydroxylation is 2. The van der Waals surface area contributed by atoms with E-state index in [1.165, 1.54) is 6.21 Å². The van der Waals surface area contributed by atoms with Crippen LogP contribution in [0.25, 0.3) is 16.9 Å². The molecule has 7 heteroatoms. The Hall–Kier alpha value is -3.45. The van der Waals surface area contributed by atoms with Gasteiger partial charge in [-0.25, -0.2) is 13.8 Å². The molecular weight excluding hydrogens is 384 g/mol. The van der Waals surface area contributed by atoms with E-state index in [1.807, 2.05) is 56.6 Å². The molecule has 0 unspecified atom stereocenters. The first kappa shape index (κ1) is 18.9. The minimum atomic E-state index is -3.67. The molecule has 2 aromatic carbocycles.